The van der Waals surface area contributed by atoms with Crippen molar-refractivity contribution in [3.05, 3.63) is 11.1 Å². The Bertz CT molecular complexity index is 444. The summed E-state index contributed by atoms with van der Waals surface area (Å²) in [6, 6.07) is 0.763. The summed E-state index contributed by atoms with van der Waals surface area (Å²) in [5, 5.41) is 6.32. The highest BCUT2D eigenvalue weighted by Crippen LogP contribution is 2.22. The van der Waals surface area contributed by atoms with Crippen LogP contribution in [0.3, 0.4) is 0 Å². The fourth-order valence-corrected chi connectivity index (χ4v) is 3.48. The van der Waals surface area contributed by atoms with E-state index in [1.54, 1.807) is 11.3 Å². The zero-order chi connectivity index (χ0) is 15.1. The van der Waals surface area contributed by atoms with Crippen molar-refractivity contribution in [2.45, 2.75) is 44.6 Å². The first kappa shape index (κ1) is 16.2. The molecule has 1 heterocycles. The van der Waals surface area contributed by atoms with Crippen molar-refractivity contribution >= 4 is 22.4 Å². The number of thiazole rings is 1. The van der Waals surface area contributed by atoms with Crippen LogP contribution in [0.15, 0.2) is 5.38 Å². The zero-order valence-electron chi connectivity index (χ0n) is 12.9. The minimum Gasteiger partial charge on any atom is -0.469 e. The van der Waals surface area contributed by atoms with Gasteiger partial charge < -0.3 is 15.0 Å². The molecule has 1 aromatic heterocycles. The molecule has 6 heteroatoms. The molecule has 0 radical (unpaired) electrons. The maximum atomic E-state index is 11.1. The summed E-state index contributed by atoms with van der Waals surface area (Å²) in [5.41, 5.74) is 0.956. The number of nitrogens with one attached hydrogen (secondary N) is 1. The molecule has 0 aliphatic heterocycles. The summed E-state index contributed by atoms with van der Waals surface area (Å²) in [7, 11) is 3.62. The fourth-order valence-electron chi connectivity index (χ4n) is 2.70. The van der Waals surface area contributed by atoms with Gasteiger partial charge in [-0.25, -0.2) is 4.98 Å². The van der Waals surface area contributed by atoms with Crippen molar-refractivity contribution in [1.82, 2.24) is 9.88 Å². The van der Waals surface area contributed by atoms with Gasteiger partial charge in [-0.15, -0.1) is 11.3 Å². The molecule has 118 valence electrons. The molecule has 1 aliphatic carbocycles. The number of ether oxygens (including phenoxy) is 1. The Hall–Kier alpha value is -1.14. The van der Waals surface area contributed by atoms with Crippen LogP contribution >= 0.6 is 11.3 Å². The Labute approximate surface area is 130 Å². The first-order chi connectivity index (χ1) is 10.2. The molecule has 0 amide bonds. The number of rotatable bonds is 8. The maximum Gasteiger partial charge on any atom is 0.305 e. The Morgan fingerprint density at radius 1 is 1.52 bits per heavy atom. The standard InChI is InChI=1S/C15H25N3O2S/c1-18(13-5-3-4-6-13)10-9-16-15-17-12(11-21-15)7-8-14(19)20-2/h11,13H,3-10H2,1-2H3,(H,16,17). The quantitative estimate of drug-likeness (QED) is 0.748. The van der Waals surface area contributed by atoms with Gasteiger partial charge in [0.25, 0.3) is 0 Å². The fraction of sp³-hybridized carbons (Fsp3) is 0.733. The third kappa shape index (κ3) is 5.28. The highest BCUT2D eigenvalue weighted by Gasteiger charge is 2.18. The van der Waals surface area contributed by atoms with Crippen LogP contribution in [0.2, 0.25) is 0 Å². The lowest BCUT2D eigenvalue weighted by Gasteiger charge is -2.23. The maximum absolute atomic E-state index is 11.1. The van der Waals surface area contributed by atoms with E-state index in [4.69, 9.17) is 0 Å². The lowest BCUT2D eigenvalue weighted by atomic mass is 10.2. The third-order valence-electron chi connectivity index (χ3n) is 4.05. The Morgan fingerprint density at radius 2 is 2.29 bits per heavy atom. The number of hydrogen-bond acceptors (Lipinski definition) is 6. The largest absolute Gasteiger partial charge is 0.469 e. The lowest BCUT2D eigenvalue weighted by molar-refractivity contribution is -0.140. The average molecular weight is 311 g/mol. The molecular formula is C15H25N3O2S. The number of likely N-dealkylation sites (N-methyl/N-ethyl adjacent to an activating group) is 1. The molecule has 1 N–H and O–H groups in total. The highest BCUT2D eigenvalue weighted by molar-refractivity contribution is 7.13. The number of anilines is 1. The van der Waals surface area contributed by atoms with E-state index >= 15 is 0 Å². The Kier molecular flexibility index (Phi) is 6.45. The minimum atomic E-state index is -0.185. The van der Waals surface area contributed by atoms with Crippen molar-refractivity contribution in [2.24, 2.45) is 0 Å². The molecule has 1 aromatic rings. The zero-order valence-corrected chi connectivity index (χ0v) is 13.7. The van der Waals surface area contributed by atoms with Crippen molar-refractivity contribution in [2.75, 3.05) is 32.6 Å². The molecule has 5 nitrogen and oxygen atoms in total. The van der Waals surface area contributed by atoms with Gasteiger partial charge in [0.05, 0.1) is 19.2 Å². The average Bonchev–Trinajstić information content (AvgIpc) is 3.16. The second kappa shape index (κ2) is 8.34. The first-order valence-electron chi connectivity index (χ1n) is 7.64. The minimum absolute atomic E-state index is 0.185. The molecule has 1 fully saturated rings. The molecule has 0 aromatic carbocycles. The van der Waals surface area contributed by atoms with E-state index in [2.05, 4.69) is 27.0 Å². The molecule has 1 aliphatic rings. The normalized spacial score (nSPS) is 15.6. The molecular weight excluding hydrogens is 286 g/mol. The predicted molar refractivity (Wildman–Crippen MR) is 85.8 cm³/mol. The van der Waals surface area contributed by atoms with Crippen LogP contribution < -0.4 is 5.32 Å². The van der Waals surface area contributed by atoms with Crippen LogP contribution in [-0.2, 0) is 16.0 Å². The van der Waals surface area contributed by atoms with Crippen LogP contribution in [0.1, 0.15) is 37.8 Å². The van der Waals surface area contributed by atoms with Gasteiger partial charge in [0.1, 0.15) is 0 Å². The van der Waals surface area contributed by atoms with E-state index < -0.39 is 0 Å². The summed E-state index contributed by atoms with van der Waals surface area (Å²) >= 11 is 1.60. The summed E-state index contributed by atoms with van der Waals surface area (Å²) < 4.78 is 4.63. The van der Waals surface area contributed by atoms with Gasteiger partial charge >= 0.3 is 5.97 Å². The van der Waals surface area contributed by atoms with E-state index in [-0.39, 0.29) is 5.97 Å². The Balaban J connectivity index is 1.66. The number of esters is 1. The van der Waals surface area contributed by atoms with Gasteiger partial charge in [0.2, 0.25) is 0 Å². The molecule has 0 bridgehead atoms. The van der Waals surface area contributed by atoms with Gasteiger partial charge in [0.15, 0.2) is 5.13 Å². The number of carbonyl (C=O) groups is 1. The van der Waals surface area contributed by atoms with E-state index in [0.29, 0.717) is 12.8 Å². The van der Waals surface area contributed by atoms with Crippen LogP contribution in [0.25, 0.3) is 0 Å². The molecule has 0 saturated heterocycles. The smallest absolute Gasteiger partial charge is 0.305 e. The van der Waals surface area contributed by atoms with Gasteiger partial charge in [-0.05, 0) is 19.9 Å². The number of hydrogen-bond donors (Lipinski definition) is 1. The van der Waals surface area contributed by atoms with Gasteiger partial charge in [-0.3, -0.25) is 4.79 Å². The van der Waals surface area contributed by atoms with Crippen molar-refractivity contribution in [1.29, 1.82) is 0 Å². The number of nitrogens with zero attached hydrogens (tertiary/aromatic N) is 2. The van der Waals surface area contributed by atoms with Crippen molar-refractivity contribution in [3.63, 3.8) is 0 Å². The topological polar surface area (TPSA) is 54.5 Å². The van der Waals surface area contributed by atoms with Gasteiger partial charge in [-0.1, -0.05) is 12.8 Å². The number of methoxy groups -OCH3 is 1. The molecule has 21 heavy (non-hydrogen) atoms. The summed E-state index contributed by atoms with van der Waals surface area (Å²) in [6.45, 7) is 1.96. The number of aryl methyl sites for hydroxylation is 1. The Morgan fingerprint density at radius 3 is 3.00 bits per heavy atom. The second-order valence-corrected chi connectivity index (χ2v) is 6.42. The monoisotopic (exact) mass is 311 g/mol. The van der Waals surface area contributed by atoms with Crippen molar-refractivity contribution < 1.29 is 9.53 Å². The first-order valence-corrected chi connectivity index (χ1v) is 8.52. The van der Waals surface area contributed by atoms with Crippen molar-refractivity contribution in [3.8, 4) is 0 Å². The molecule has 0 spiro atoms. The number of aromatic nitrogens is 1. The van der Waals surface area contributed by atoms with E-state index in [1.165, 1.54) is 32.8 Å². The number of carbonyl (C=O) groups excluding carboxylic acids is 1. The molecule has 0 unspecified atom stereocenters. The molecule has 0 atom stereocenters. The lowest BCUT2D eigenvalue weighted by Crippen LogP contribution is -2.33. The third-order valence-corrected chi connectivity index (χ3v) is 4.90. The SMILES string of the molecule is COC(=O)CCc1csc(NCCN(C)C2CCCC2)n1. The van der Waals surface area contributed by atoms with E-state index in [0.717, 1.165) is 30.0 Å². The van der Waals surface area contributed by atoms with Gasteiger partial charge in [-0.2, -0.15) is 0 Å². The summed E-state index contributed by atoms with van der Waals surface area (Å²) in [4.78, 5) is 18.0. The highest BCUT2D eigenvalue weighted by atomic mass is 32.1. The summed E-state index contributed by atoms with van der Waals surface area (Å²) in [5.74, 6) is -0.185. The predicted octanol–water partition coefficient (Wildman–Crippen LogP) is 2.54. The summed E-state index contributed by atoms with van der Waals surface area (Å²) in [6.07, 6.45) is 6.46. The molecule has 1 saturated carbocycles. The second-order valence-electron chi connectivity index (χ2n) is 5.57. The van der Waals surface area contributed by atoms with Crippen LogP contribution in [0.5, 0.6) is 0 Å². The van der Waals surface area contributed by atoms with Crippen LogP contribution in [0.4, 0.5) is 5.13 Å². The van der Waals surface area contributed by atoms with Gasteiger partial charge in [0, 0.05) is 30.9 Å². The van der Waals surface area contributed by atoms with E-state index in [9.17, 15) is 4.79 Å². The van der Waals surface area contributed by atoms with Crippen LogP contribution in [0, 0.1) is 0 Å². The molecule has 2 rings (SSSR count). The van der Waals surface area contributed by atoms with E-state index in [1.807, 2.05) is 5.38 Å². The van der Waals surface area contributed by atoms with Crippen LogP contribution in [-0.4, -0.2) is 49.1 Å².